The van der Waals surface area contributed by atoms with E-state index in [1.807, 2.05) is 26.8 Å². The fourth-order valence-electron chi connectivity index (χ4n) is 3.79. The molecular weight excluding hydrogens is 541 g/mol. The summed E-state index contributed by atoms with van der Waals surface area (Å²) in [4.78, 5) is 21.3. The predicted octanol–water partition coefficient (Wildman–Crippen LogP) is 6.05. The maximum Gasteiger partial charge on any atom is 3.00 e. The molecule has 0 amide bonds. The molecule has 0 aromatic heterocycles. The Morgan fingerprint density at radius 3 is 2.57 bits per heavy atom. The van der Waals surface area contributed by atoms with Gasteiger partial charge in [0.25, 0.3) is 0 Å². The van der Waals surface area contributed by atoms with Gasteiger partial charge in [0.2, 0.25) is 0 Å². The van der Waals surface area contributed by atoms with Crippen LogP contribution in [0.3, 0.4) is 0 Å². The summed E-state index contributed by atoms with van der Waals surface area (Å²) < 4.78 is 5.14. The average Bonchev–Trinajstić information content (AvgIpc) is 3.14. The molecule has 2 unspecified atom stereocenters. The largest absolute Gasteiger partial charge is 3.00 e. The number of aliphatic hydroxyl groups excluding tert-OH is 2. The van der Waals surface area contributed by atoms with E-state index in [4.69, 9.17) is 4.74 Å². The van der Waals surface area contributed by atoms with E-state index in [0.29, 0.717) is 19.3 Å². The quantitative estimate of drug-likeness (QED) is 0.168. The molecule has 37 heavy (non-hydrogen) atoms. The van der Waals surface area contributed by atoms with Crippen LogP contribution in [-0.2, 0) is 53.5 Å². The van der Waals surface area contributed by atoms with E-state index < -0.39 is 12.2 Å². The minimum Gasteiger partial charge on any atom is -0.542 e. The second-order valence-corrected chi connectivity index (χ2v) is 9.95. The summed E-state index contributed by atoms with van der Waals surface area (Å²) in [7, 11) is 0. The van der Waals surface area contributed by atoms with Crippen LogP contribution in [0.15, 0.2) is 54.1 Å². The molecule has 6 heteroatoms. The fraction of sp³-hybridized carbons (Fsp3) is 0.484. The van der Waals surface area contributed by atoms with Gasteiger partial charge >= 0.3 is 38.7 Å². The Labute approximate surface area is 249 Å². The molecule has 1 aliphatic carbocycles. The van der Waals surface area contributed by atoms with Crippen molar-refractivity contribution in [3.63, 3.8) is 0 Å². The van der Waals surface area contributed by atoms with Crippen LogP contribution in [0, 0.1) is 13.3 Å². The number of benzene rings is 1. The monoisotopic (exact) mass is 584 g/mol. The molecular formula is C31H43O5Y. The normalized spacial score (nSPS) is 14.4. The van der Waals surface area contributed by atoms with Crippen LogP contribution in [0.1, 0.15) is 83.8 Å². The second-order valence-electron chi connectivity index (χ2n) is 9.95. The van der Waals surface area contributed by atoms with Crippen molar-refractivity contribution in [3.8, 4) is 0 Å². The van der Waals surface area contributed by atoms with Crippen LogP contribution >= 0.6 is 0 Å². The minimum atomic E-state index is -0.658. The van der Waals surface area contributed by atoms with Gasteiger partial charge in [-0.15, -0.1) is 6.42 Å². The Morgan fingerprint density at radius 2 is 1.95 bits per heavy atom. The van der Waals surface area contributed by atoms with Crippen LogP contribution in [0.2, 0.25) is 0 Å². The molecule has 2 N–H and O–H groups in total. The number of hydrogen-bond donors (Lipinski definition) is 2. The first kappa shape index (κ1) is 35.3. The molecule has 1 aromatic carbocycles. The Bertz CT molecular complexity index is 895. The van der Waals surface area contributed by atoms with E-state index in [1.54, 1.807) is 30.9 Å². The van der Waals surface area contributed by atoms with Crippen molar-refractivity contribution in [3.05, 3.63) is 78.6 Å². The molecule has 0 heterocycles. The molecule has 2 rings (SSSR count). The Kier molecular flexibility index (Phi) is 18.5. The van der Waals surface area contributed by atoms with Gasteiger partial charge in [-0.1, -0.05) is 42.7 Å². The van der Waals surface area contributed by atoms with Crippen molar-refractivity contribution in [2.24, 2.45) is 0 Å². The summed E-state index contributed by atoms with van der Waals surface area (Å²) in [6.07, 6.45) is 14.5. The summed E-state index contributed by atoms with van der Waals surface area (Å²) in [6, 6.07) is 8.44. The molecule has 2 atom stereocenters. The van der Waals surface area contributed by atoms with Gasteiger partial charge in [0.15, 0.2) is 0 Å². The van der Waals surface area contributed by atoms with Crippen molar-refractivity contribution < 1.29 is 57.2 Å². The first-order valence-electron chi connectivity index (χ1n) is 12.7. The third kappa shape index (κ3) is 16.0. The van der Waals surface area contributed by atoms with E-state index in [-0.39, 0.29) is 50.7 Å². The third-order valence-electron chi connectivity index (χ3n) is 5.64. The maximum absolute atomic E-state index is 11.2. The van der Waals surface area contributed by atoms with E-state index in [1.165, 1.54) is 22.3 Å². The number of hydrogen-bond acceptors (Lipinski definition) is 5. The zero-order valence-corrected chi connectivity index (χ0v) is 25.7. The Hall–Kier alpha value is -1.66. The molecule has 0 bridgehead atoms. The van der Waals surface area contributed by atoms with E-state index in [0.717, 1.165) is 25.7 Å². The maximum atomic E-state index is 11.2. The molecule has 0 fully saturated rings. The van der Waals surface area contributed by atoms with E-state index >= 15 is 0 Å². The number of aliphatic hydroxyl groups is 2. The van der Waals surface area contributed by atoms with E-state index in [2.05, 4.69) is 38.1 Å². The van der Waals surface area contributed by atoms with Gasteiger partial charge in [0, 0.05) is 18.6 Å². The van der Waals surface area contributed by atoms with E-state index in [9.17, 15) is 19.8 Å². The van der Waals surface area contributed by atoms with Crippen LogP contribution in [-0.4, -0.2) is 40.3 Å². The molecule has 0 spiro atoms. The smallest absolute Gasteiger partial charge is 0.542 e. The second kappa shape index (κ2) is 19.4. The molecule has 5 nitrogen and oxygen atoms in total. The van der Waals surface area contributed by atoms with Gasteiger partial charge in [-0.2, -0.15) is 6.42 Å². The molecule has 0 aliphatic heterocycles. The first-order chi connectivity index (χ1) is 17.1. The van der Waals surface area contributed by atoms with Crippen LogP contribution in [0.4, 0.5) is 0 Å². The number of ether oxygens (including phenoxy) is 1. The molecule has 0 saturated carbocycles. The van der Waals surface area contributed by atoms with Gasteiger partial charge in [0.05, 0.1) is 0 Å². The van der Waals surface area contributed by atoms with Gasteiger partial charge in [-0.25, -0.2) is 37.6 Å². The number of unbranched alkanes of at least 4 members (excludes halogenated alkanes) is 1. The number of allylic oxidation sites excluding steroid dienone is 4. The van der Waals surface area contributed by atoms with Gasteiger partial charge in [-0.3, -0.25) is 11.1 Å². The summed E-state index contributed by atoms with van der Waals surface area (Å²) in [5, 5.41) is 19.6. The van der Waals surface area contributed by atoms with Gasteiger partial charge in [-0.05, 0) is 63.7 Å². The molecule has 0 radical (unpaired) electrons. The number of rotatable bonds is 13. The predicted molar refractivity (Wildman–Crippen MR) is 147 cm³/mol. The van der Waals surface area contributed by atoms with Crippen molar-refractivity contribution in [2.45, 2.75) is 96.9 Å². The number of esters is 1. The van der Waals surface area contributed by atoms with Crippen molar-refractivity contribution in [1.82, 2.24) is 0 Å². The van der Waals surface area contributed by atoms with Crippen molar-refractivity contribution >= 4 is 17.8 Å². The van der Waals surface area contributed by atoms with Crippen molar-refractivity contribution in [1.29, 1.82) is 0 Å². The SMILES string of the molecule is CC1=C(CCC(O)C=C[CH-]C(O)CC[C-]=O)Cc2ccccc21.[CH2-]C=CCCCC(=O)OC(C)(C)C.[Y+3]. The Morgan fingerprint density at radius 1 is 1.24 bits per heavy atom. The first-order valence-corrected chi connectivity index (χ1v) is 12.7. The molecule has 1 aromatic rings. The summed E-state index contributed by atoms with van der Waals surface area (Å²) >= 11 is 0. The standard InChI is InChI=1S/C20H24O3.C11H19O2.Y/c1-15-16(14-17-6-2-3-10-20(15)17)11-12-19(23)8-4-7-18(22)9-5-13-21;1-5-6-7-8-9-10(12)13-11(2,3)4;/h2-4,6-8,10,18-19,22-23H,5,9,11-12,14H2,1H3;5-6H,1,7-9H2,2-4H3;/q-2;-1;+3. The summed E-state index contributed by atoms with van der Waals surface area (Å²) in [6.45, 7) is 11.3. The zero-order chi connectivity index (χ0) is 27.0. The minimum absolute atomic E-state index is 0. The summed E-state index contributed by atoms with van der Waals surface area (Å²) in [5.41, 5.74) is 5.07. The third-order valence-corrected chi connectivity index (χ3v) is 5.64. The molecule has 200 valence electrons. The zero-order valence-electron chi connectivity index (χ0n) is 22.9. The summed E-state index contributed by atoms with van der Waals surface area (Å²) in [5.74, 6) is -0.120. The number of fused-ring (bicyclic) bond motifs is 1. The van der Waals surface area contributed by atoms with Gasteiger partial charge < -0.3 is 19.7 Å². The van der Waals surface area contributed by atoms with Crippen LogP contribution < -0.4 is 0 Å². The van der Waals surface area contributed by atoms with Crippen LogP contribution in [0.5, 0.6) is 0 Å². The van der Waals surface area contributed by atoms with Crippen molar-refractivity contribution in [2.75, 3.05) is 0 Å². The Balaban J connectivity index is 0.000000797. The topological polar surface area (TPSA) is 83.8 Å². The fourth-order valence-corrected chi connectivity index (χ4v) is 3.79. The van der Waals surface area contributed by atoms with Crippen LogP contribution in [0.25, 0.3) is 5.57 Å². The number of carbonyl (C=O) groups is 1. The molecule has 0 saturated heterocycles. The van der Waals surface area contributed by atoms with Gasteiger partial charge in [0.1, 0.15) is 5.60 Å². The average molecular weight is 585 g/mol. The number of carbonyl (C=O) groups excluding carboxylic acids is 2. The molecule has 1 aliphatic rings.